The van der Waals surface area contributed by atoms with Crippen LogP contribution < -0.4 is 0 Å². The fourth-order valence-corrected chi connectivity index (χ4v) is 3.28. The topological polar surface area (TPSA) is 79.7 Å². The van der Waals surface area contributed by atoms with E-state index in [2.05, 4.69) is 20.3 Å². The van der Waals surface area contributed by atoms with Crippen molar-refractivity contribution in [1.82, 2.24) is 29.9 Å². The second-order valence-corrected chi connectivity index (χ2v) is 6.58. The highest BCUT2D eigenvalue weighted by Crippen LogP contribution is 2.33. The average molecular weight is 390 g/mol. The first-order chi connectivity index (χ1) is 13.4. The monoisotopic (exact) mass is 390 g/mol. The number of aromatic amines is 1. The molecule has 0 radical (unpaired) electrons. The van der Waals surface area contributed by atoms with E-state index in [4.69, 9.17) is 0 Å². The van der Waals surface area contributed by atoms with E-state index in [-0.39, 0.29) is 5.91 Å². The molecule has 0 atom stereocenters. The maximum atomic E-state index is 12.8. The first-order valence-electron chi connectivity index (χ1n) is 8.76. The van der Waals surface area contributed by atoms with Crippen molar-refractivity contribution in [2.75, 3.05) is 6.54 Å². The zero-order valence-electron chi connectivity index (χ0n) is 14.8. The summed E-state index contributed by atoms with van der Waals surface area (Å²) in [6.07, 6.45) is -0.485. The van der Waals surface area contributed by atoms with Gasteiger partial charge in [0.15, 0.2) is 0 Å². The summed E-state index contributed by atoms with van der Waals surface area (Å²) in [7, 11) is 0. The summed E-state index contributed by atoms with van der Waals surface area (Å²) in [5.41, 5.74) is 2.22. The van der Waals surface area contributed by atoms with Gasteiger partial charge in [0.05, 0.1) is 17.8 Å². The molecular weight excluding hydrogens is 373 g/mol. The van der Waals surface area contributed by atoms with Gasteiger partial charge in [-0.3, -0.25) is 14.6 Å². The first-order valence-corrected chi connectivity index (χ1v) is 8.76. The SMILES string of the molecule is O=C(CCn1cncn1)N1CCc2[nH]nc(-c3ccc(C(F)(F)F)cc3)c2C1. The number of aromatic nitrogens is 5. The maximum absolute atomic E-state index is 12.8. The van der Waals surface area contributed by atoms with Crippen molar-refractivity contribution < 1.29 is 18.0 Å². The zero-order chi connectivity index (χ0) is 19.7. The molecule has 10 heteroatoms. The Balaban J connectivity index is 1.49. The number of halogens is 3. The largest absolute Gasteiger partial charge is 0.416 e. The summed E-state index contributed by atoms with van der Waals surface area (Å²) in [6, 6.07) is 4.90. The quantitative estimate of drug-likeness (QED) is 0.743. The number of rotatable bonds is 4. The molecule has 0 fully saturated rings. The molecule has 2 aromatic heterocycles. The molecule has 146 valence electrons. The number of hydrogen-bond acceptors (Lipinski definition) is 4. The molecule has 1 N–H and O–H groups in total. The standard InChI is InChI=1S/C18H17F3N6O/c19-18(20,21)13-3-1-12(2-4-13)17-14-9-26(7-5-15(14)24-25-17)16(28)6-8-27-11-22-10-23-27/h1-4,10-11H,5-9H2,(H,24,25). The number of aryl methyl sites for hydroxylation is 1. The smallest absolute Gasteiger partial charge is 0.338 e. The predicted octanol–water partition coefficient (Wildman–Crippen LogP) is 2.66. The lowest BCUT2D eigenvalue weighted by atomic mass is 10.00. The van der Waals surface area contributed by atoms with Gasteiger partial charge in [0.25, 0.3) is 0 Å². The van der Waals surface area contributed by atoms with Crippen molar-refractivity contribution in [3.8, 4) is 11.3 Å². The molecular formula is C18H17F3N6O. The van der Waals surface area contributed by atoms with Gasteiger partial charge in [-0.05, 0) is 12.1 Å². The summed E-state index contributed by atoms with van der Waals surface area (Å²) in [4.78, 5) is 18.1. The molecule has 1 aliphatic heterocycles. The normalized spacial score (nSPS) is 14.2. The first kappa shape index (κ1) is 18.2. The van der Waals surface area contributed by atoms with Crippen LogP contribution >= 0.6 is 0 Å². The number of carbonyl (C=O) groups is 1. The Bertz CT molecular complexity index is 962. The minimum atomic E-state index is -4.38. The highest BCUT2D eigenvalue weighted by Gasteiger charge is 2.30. The van der Waals surface area contributed by atoms with Crippen molar-refractivity contribution in [3.05, 3.63) is 53.7 Å². The molecule has 0 saturated carbocycles. The van der Waals surface area contributed by atoms with Crippen LogP contribution in [0.25, 0.3) is 11.3 Å². The van der Waals surface area contributed by atoms with Crippen LogP contribution in [0, 0.1) is 0 Å². The minimum absolute atomic E-state index is 0.0132. The molecule has 0 aliphatic carbocycles. The third-order valence-corrected chi connectivity index (χ3v) is 4.79. The van der Waals surface area contributed by atoms with E-state index in [1.807, 2.05) is 0 Å². The van der Waals surface area contributed by atoms with Gasteiger partial charge < -0.3 is 4.90 Å². The lowest BCUT2D eigenvalue weighted by molar-refractivity contribution is -0.137. The molecule has 0 unspecified atom stereocenters. The zero-order valence-corrected chi connectivity index (χ0v) is 14.8. The Kier molecular flexibility index (Phi) is 4.62. The van der Waals surface area contributed by atoms with Gasteiger partial charge in [-0.2, -0.15) is 23.4 Å². The minimum Gasteiger partial charge on any atom is -0.338 e. The van der Waals surface area contributed by atoms with E-state index in [1.54, 1.807) is 15.9 Å². The molecule has 1 aromatic carbocycles. The highest BCUT2D eigenvalue weighted by molar-refractivity contribution is 5.77. The number of hydrogen-bond donors (Lipinski definition) is 1. The van der Waals surface area contributed by atoms with E-state index in [0.29, 0.717) is 43.7 Å². The van der Waals surface area contributed by atoms with Crippen LogP contribution in [0.4, 0.5) is 13.2 Å². The highest BCUT2D eigenvalue weighted by atomic mass is 19.4. The maximum Gasteiger partial charge on any atom is 0.416 e. The van der Waals surface area contributed by atoms with E-state index in [9.17, 15) is 18.0 Å². The van der Waals surface area contributed by atoms with Crippen LogP contribution in [0.1, 0.15) is 23.2 Å². The van der Waals surface area contributed by atoms with Crippen LogP contribution in [0.5, 0.6) is 0 Å². The molecule has 7 nitrogen and oxygen atoms in total. The fraction of sp³-hybridized carbons (Fsp3) is 0.333. The summed E-state index contributed by atoms with van der Waals surface area (Å²) in [6.45, 7) is 1.38. The molecule has 3 aromatic rings. The number of fused-ring (bicyclic) bond motifs is 1. The van der Waals surface area contributed by atoms with E-state index < -0.39 is 11.7 Å². The Hall–Kier alpha value is -3.17. The molecule has 0 spiro atoms. The van der Waals surface area contributed by atoms with Crippen molar-refractivity contribution in [1.29, 1.82) is 0 Å². The number of alkyl halides is 3. The van der Waals surface area contributed by atoms with Gasteiger partial charge in [0, 0.05) is 42.8 Å². The van der Waals surface area contributed by atoms with Crippen LogP contribution in [0.15, 0.2) is 36.9 Å². The van der Waals surface area contributed by atoms with Gasteiger partial charge in [0.2, 0.25) is 5.91 Å². The Morgan fingerprint density at radius 2 is 2.00 bits per heavy atom. The van der Waals surface area contributed by atoms with E-state index in [1.165, 1.54) is 18.5 Å². The molecule has 4 rings (SSSR count). The van der Waals surface area contributed by atoms with E-state index in [0.717, 1.165) is 23.4 Å². The Labute approximate surface area is 158 Å². The Morgan fingerprint density at radius 1 is 1.21 bits per heavy atom. The third kappa shape index (κ3) is 3.62. The van der Waals surface area contributed by atoms with E-state index >= 15 is 0 Å². The van der Waals surface area contributed by atoms with Gasteiger partial charge in [-0.1, -0.05) is 12.1 Å². The average Bonchev–Trinajstić information content (AvgIpc) is 3.34. The molecule has 0 saturated heterocycles. The molecule has 1 amide bonds. The molecule has 3 heterocycles. The summed E-state index contributed by atoms with van der Waals surface area (Å²) < 4.78 is 39.9. The Morgan fingerprint density at radius 3 is 2.68 bits per heavy atom. The van der Waals surface area contributed by atoms with Crippen molar-refractivity contribution in [3.63, 3.8) is 0 Å². The van der Waals surface area contributed by atoms with Gasteiger partial charge in [-0.25, -0.2) is 4.98 Å². The van der Waals surface area contributed by atoms with Gasteiger partial charge >= 0.3 is 6.18 Å². The lowest BCUT2D eigenvalue weighted by Crippen LogP contribution is -2.36. The lowest BCUT2D eigenvalue weighted by Gasteiger charge is -2.27. The number of benzene rings is 1. The van der Waals surface area contributed by atoms with Gasteiger partial charge in [0.1, 0.15) is 12.7 Å². The van der Waals surface area contributed by atoms with Crippen LogP contribution in [0.3, 0.4) is 0 Å². The number of H-pyrrole nitrogens is 1. The second-order valence-electron chi connectivity index (χ2n) is 6.58. The summed E-state index contributed by atoms with van der Waals surface area (Å²) >= 11 is 0. The summed E-state index contributed by atoms with van der Waals surface area (Å²) in [5, 5.41) is 11.2. The van der Waals surface area contributed by atoms with Crippen LogP contribution in [-0.4, -0.2) is 42.3 Å². The summed E-state index contributed by atoms with van der Waals surface area (Å²) in [5.74, 6) is -0.0132. The van der Waals surface area contributed by atoms with Crippen LogP contribution in [-0.2, 0) is 30.5 Å². The number of amides is 1. The number of nitrogens with one attached hydrogen (secondary N) is 1. The molecule has 0 bridgehead atoms. The van der Waals surface area contributed by atoms with Crippen molar-refractivity contribution in [2.45, 2.75) is 32.1 Å². The fourth-order valence-electron chi connectivity index (χ4n) is 3.28. The third-order valence-electron chi connectivity index (χ3n) is 4.79. The van der Waals surface area contributed by atoms with Crippen molar-refractivity contribution >= 4 is 5.91 Å². The predicted molar refractivity (Wildman–Crippen MR) is 92.8 cm³/mol. The van der Waals surface area contributed by atoms with Crippen LogP contribution in [0.2, 0.25) is 0 Å². The van der Waals surface area contributed by atoms with Crippen molar-refractivity contribution in [2.24, 2.45) is 0 Å². The van der Waals surface area contributed by atoms with Gasteiger partial charge in [-0.15, -0.1) is 0 Å². The second kappa shape index (κ2) is 7.10. The molecule has 28 heavy (non-hydrogen) atoms. The molecule has 1 aliphatic rings. The number of nitrogens with zero attached hydrogens (tertiary/aromatic N) is 5. The number of carbonyl (C=O) groups excluding carboxylic acids is 1.